The van der Waals surface area contributed by atoms with E-state index in [-0.39, 0.29) is 17.6 Å². The Balaban J connectivity index is 0.985. The second-order valence-corrected chi connectivity index (χ2v) is 12.9. The number of aryl methyl sites for hydroxylation is 1. The Morgan fingerprint density at radius 2 is 1.58 bits per heavy atom. The van der Waals surface area contributed by atoms with Crippen LogP contribution in [-0.4, -0.2) is 59.5 Å². The van der Waals surface area contributed by atoms with Gasteiger partial charge in [0.1, 0.15) is 0 Å². The van der Waals surface area contributed by atoms with Gasteiger partial charge in [-0.2, -0.15) is 0 Å². The number of para-hydroxylation sites is 2. The zero-order chi connectivity index (χ0) is 33.9. The summed E-state index contributed by atoms with van der Waals surface area (Å²) in [5, 5.41) is 3.03. The zero-order valence-corrected chi connectivity index (χ0v) is 27.7. The molecule has 0 atom stereocenters. The van der Waals surface area contributed by atoms with Crippen molar-refractivity contribution in [3.05, 3.63) is 137 Å². The number of imidazole rings is 2. The highest BCUT2D eigenvalue weighted by Crippen LogP contribution is 2.32. The van der Waals surface area contributed by atoms with E-state index < -0.39 is 0 Å². The van der Waals surface area contributed by atoms with Crippen molar-refractivity contribution in [2.75, 3.05) is 19.6 Å². The van der Waals surface area contributed by atoms with Gasteiger partial charge in [0.15, 0.2) is 0 Å². The number of aromatic amines is 1. The number of amides is 1. The van der Waals surface area contributed by atoms with Gasteiger partial charge in [-0.25, -0.2) is 19.7 Å². The highest BCUT2D eigenvalue weighted by Gasteiger charge is 2.24. The Hall–Kier alpha value is -5.87. The molecule has 0 spiro atoms. The van der Waals surface area contributed by atoms with Gasteiger partial charge >= 0.3 is 5.69 Å². The van der Waals surface area contributed by atoms with E-state index in [1.807, 2.05) is 88.1 Å². The molecular formula is C40H38N8O2. The van der Waals surface area contributed by atoms with Gasteiger partial charge in [-0.05, 0) is 55.2 Å². The molecule has 0 saturated carbocycles. The van der Waals surface area contributed by atoms with Crippen molar-refractivity contribution in [2.24, 2.45) is 0 Å². The van der Waals surface area contributed by atoms with Crippen LogP contribution in [0.5, 0.6) is 0 Å². The minimum atomic E-state index is -0.130. The predicted molar refractivity (Wildman–Crippen MR) is 196 cm³/mol. The molecule has 8 rings (SSSR count). The standard InChI is InChI=1S/C40H38N8O2/c49-39(42-19-6-21-47-24-20-41-27-47)31-15-16-33-35(25-31)44-38(37(43-33)29-7-2-1-3-8-29)30-13-11-28(12-14-30)26-46-22-17-32(18-23-46)48-36-10-5-4-9-34(36)45-40(48)50/h1-5,7-16,20,24-25,27,32H,6,17-19,21-23,26H2,(H,42,49)(H,45,50). The lowest BCUT2D eigenvalue weighted by molar-refractivity contribution is 0.0953. The van der Waals surface area contributed by atoms with Crippen LogP contribution in [-0.2, 0) is 13.1 Å². The molecule has 0 radical (unpaired) electrons. The first-order valence-corrected chi connectivity index (χ1v) is 17.2. The minimum absolute atomic E-state index is 0.0242. The lowest BCUT2D eigenvalue weighted by atomic mass is 10.0. The molecule has 0 bridgehead atoms. The van der Waals surface area contributed by atoms with Crippen LogP contribution >= 0.6 is 0 Å². The normalized spacial score (nSPS) is 14.0. The number of likely N-dealkylation sites (tertiary alicyclic amines) is 1. The van der Waals surface area contributed by atoms with E-state index in [0.29, 0.717) is 17.6 Å². The summed E-state index contributed by atoms with van der Waals surface area (Å²) in [5.41, 5.74) is 8.57. The quantitative estimate of drug-likeness (QED) is 0.163. The van der Waals surface area contributed by atoms with E-state index in [0.717, 1.165) is 84.5 Å². The summed E-state index contributed by atoms with van der Waals surface area (Å²) in [6, 6.07) is 32.3. The van der Waals surface area contributed by atoms with Crippen molar-refractivity contribution >= 4 is 28.0 Å². The zero-order valence-electron chi connectivity index (χ0n) is 27.7. The number of nitrogens with one attached hydrogen (secondary N) is 2. The Bertz CT molecular complexity index is 2300. The Kier molecular flexibility index (Phi) is 8.75. The predicted octanol–water partition coefficient (Wildman–Crippen LogP) is 6.46. The van der Waals surface area contributed by atoms with Crippen molar-refractivity contribution in [3.63, 3.8) is 0 Å². The van der Waals surface area contributed by atoms with Crippen LogP contribution in [0.2, 0.25) is 0 Å². The third-order valence-electron chi connectivity index (χ3n) is 9.59. The number of carbonyl (C=O) groups is 1. The summed E-state index contributed by atoms with van der Waals surface area (Å²) in [6.45, 7) is 4.04. The number of H-pyrrole nitrogens is 1. The van der Waals surface area contributed by atoms with Gasteiger partial charge in [0, 0.05) is 67.8 Å². The Labute approximate surface area is 289 Å². The first kappa shape index (κ1) is 31.4. The average molecular weight is 663 g/mol. The number of rotatable bonds is 10. The van der Waals surface area contributed by atoms with Gasteiger partial charge in [0.2, 0.25) is 0 Å². The fourth-order valence-electron chi connectivity index (χ4n) is 6.98. The topological polar surface area (TPSA) is 114 Å². The van der Waals surface area contributed by atoms with E-state index in [9.17, 15) is 9.59 Å². The molecule has 3 aromatic heterocycles. The highest BCUT2D eigenvalue weighted by atomic mass is 16.2. The number of carbonyl (C=O) groups excluding carboxylic acids is 1. The molecule has 1 aliphatic heterocycles. The van der Waals surface area contributed by atoms with Gasteiger partial charge in [0.25, 0.3) is 5.91 Å². The molecule has 10 heteroatoms. The summed E-state index contributed by atoms with van der Waals surface area (Å²) in [7, 11) is 0. The lowest BCUT2D eigenvalue weighted by Gasteiger charge is -2.32. The van der Waals surface area contributed by atoms with Gasteiger partial charge in [-0.15, -0.1) is 0 Å². The lowest BCUT2D eigenvalue weighted by Crippen LogP contribution is -2.36. The van der Waals surface area contributed by atoms with E-state index in [1.54, 1.807) is 12.5 Å². The smallest absolute Gasteiger partial charge is 0.326 e. The molecule has 1 fully saturated rings. The monoisotopic (exact) mass is 662 g/mol. The molecular weight excluding hydrogens is 624 g/mol. The molecule has 250 valence electrons. The van der Waals surface area contributed by atoms with Gasteiger partial charge in [-0.3, -0.25) is 14.3 Å². The van der Waals surface area contributed by atoms with E-state index >= 15 is 0 Å². The summed E-state index contributed by atoms with van der Waals surface area (Å²) in [4.78, 5) is 45.5. The number of benzene rings is 4. The molecule has 0 aliphatic carbocycles. The molecule has 4 heterocycles. The van der Waals surface area contributed by atoms with Crippen molar-refractivity contribution in [3.8, 4) is 22.5 Å². The number of piperidine rings is 1. The van der Waals surface area contributed by atoms with Crippen molar-refractivity contribution in [1.29, 1.82) is 0 Å². The van der Waals surface area contributed by atoms with Crippen molar-refractivity contribution in [1.82, 2.24) is 39.3 Å². The number of fused-ring (bicyclic) bond motifs is 2. The average Bonchev–Trinajstić information content (AvgIpc) is 3.81. The van der Waals surface area contributed by atoms with Crippen LogP contribution in [0.15, 0.2) is 121 Å². The first-order valence-electron chi connectivity index (χ1n) is 17.2. The van der Waals surface area contributed by atoms with Crippen LogP contribution in [0.1, 0.15) is 41.2 Å². The number of hydrogen-bond acceptors (Lipinski definition) is 6. The van der Waals surface area contributed by atoms with Crippen LogP contribution in [0.3, 0.4) is 0 Å². The first-order chi connectivity index (χ1) is 24.6. The van der Waals surface area contributed by atoms with Crippen LogP contribution < -0.4 is 11.0 Å². The number of nitrogens with zero attached hydrogens (tertiary/aromatic N) is 6. The third-order valence-corrected chi connectivity index (χ3v) is 9.59. The van der Waals surface area contributed by atoms with Crippen molar-refractivity contribution < 1.29 is 4.79 Å². The molecule has 50 heavy (non-hydrogen) atoms. The summed E-state index contributed by atoms with van der Waals surface area (Å²) < 4.78 is 3.94. The van der Waals surface area contributed by atoms with Crippen molar-refractivity contribution in [2.45, 2.75) is 38.4 Å². The van der Waals surface area contributed by atoms with Gasteiger partial charge in [-0.1, -0.05) is 66.7 Å². The molecule has 1 amide bonds. The fraction of sp³-hybridized carbons (Fsp3) is 0.225. The molecule has 1 aliphatic rings. The van der Waals surface area contributed by atoms with Gasteiger partial charge < -0.3 is 14.9 Å². The third kappa shape index (κ3) is 6.57. The van der Waals surface area contributed by atoms with E-state index in [2.05, 4.69) is 44.5 Å². The molecule has 2 N–H and O–H groups in total. The largest absolute Gasteiger partial charge is 0.352 e. The summed E-state index contributed by atoms with van der Waals surface area (Å²) >= 11 is 0. The minimum Gasteiger partial charge on any atom is -0.352 e. The van der Waals surface area contributed by atoms with Crippen LogP contribution in [0.4, 0.5) is 0 Å². The van der Waals surface area contributed by atoms with Crippen LogP contribution in [0, 0.1) is 0 Å². The second kappa shape index (κ2) is 13.9. The summed E-state index contributed by atoms with van der Waals surface area (Å²) in [6.07, 6.45) is 8.11. The summed E-state index contributed by atoms with van der Waals surface area (Å²) in [5.74, 6) is -0.130. The molecule has 0 unspecified atom stereocenters. The molecule has 4 aromatic carbocycles. The number of hydrogen-bond donors (Lipinski definition) is 2. The maximum atomic E-state index is 13.0. The van der Waals surface area contributed by atoms with Crippen LogP contribution in [0.25, 0.3) is 44.6 Å². The Morgan fingerprint density at radius 1 is 0.840 bits per heavy atom. The maximum absolute atomic E-state index is 13.0. The van der Waals surface area contributed by atoms with E-state index in [1.165, 1.54) is 5.56 Å². The van der Waals surface area contributed by atoms with E-state index in [4.69, 9.17) is 9.97 Å². The second-order valence-electron chi connectivity index (χ2n) is 12.9. The molecule has 1 saturated heterocycles. The SMILES string of the molecule is O=C(NCCCn1ccnc1)c1ccc2nc(-c3ccccc3)c(-c3ccc(CN4CCC(n5c(=O)[nH]c6ccccc65)CC4)cc3)nc2c1. The fourth-order valence-corrected chi connectivity index (χ4v) is 6.98. The molecule has 10 nitrogen and oxygen atoms in total. The number of aromatic nitrogens is 6. The highest BCUT2D eigenvalue weighted by molar-refractivity contribution is 5.98. The maximum Gasteiger partial charge on any atom is 0.326 e. The van der Waals surface area contributed by atoms with Gasteiger partial charge in [0.05, 0.1) is 39.8 Å². The Morgan fingerprint density at radius 3 is 2.36 bits per heavy atom. The molecule has 7 aromatic rings.